The lowest BCUT2D eigenvalue weighted by molar-refractivity contribution is -0.140. The third-order valence-electron chi connectivity index (χ3n) is 7.23. The number of halogens is 3. The Balaban J connectivity index is 1.57. The van der Waals surface area contributed by atoms with Crippen LogP contribution in [-0.2, 0) is 32.7 Å². The Morgan fingerprint density at radius 3 is 2.15 bits per heavy atom. The number of fused-ring (bicyclic) bond motifs is 1. The van der Waals surface area contributed by atoms with Crippen LogP contribution in [0.15, 0.2) is 36.5 Å². The van der Waals surface area contributed by atoms with E-state index in [9.17, 15) is 18.0 Å². The first-order valence-electron chi connectivity index (χ1n) is 12.7. The van der Waals surface area contributed by atoms with Crippen molar-refractivity contribution in [1.29, 1.82) is 5.41 Å². The summed E-state index contributed by atoms with van der Waals surface area (Å²) in [6.45, 7) is 1.68. The third-order valence-corrected chi connectivity index (χ3v) is 7.23. The van der Waals surface area contributed by atoms with E-state index >= 15 is 0 Å². The van der Waals surface area contributed by atoms with Crippen LogP contribution in [0.3, 0.4) is 0 Å². The van der Waals surface area contributed by atoms with Crippen molar-refractivity contribution in [3.05, 3.63) is 64.5 Å². The lowest BCUT2D eigenvalue weighted by Crippen LogP contribution is -2.37. The number of alkyl halides is 3. The first-order chi connectivity index (χ1) is 18.6. The Morgan fingerprint density at radius 2 is 1.54 bits per heavy atom. The second-order valence-corrected chi connectivity index (χ2v) is 9.90. The molecule has 0 aliphatic carbocycles. The van der Waals surface area contributed by atoms with Crippen molar-refractivity contribution in [1.82, 2.24) is 19.6 Å². The van der Waals surface area contributed by atoms with Gasteiger partial charge in [-0.15, -0.1) is 0 Å². The van der Waals surface area contributed by atoms with Crippen LogP contribution in [0.2, 0.25) is 0 Å². The zero-order valence-corrected chi connectivity index (χ0v) is 22.1. The first-order valence-corrected chi connectivity index (χ1v) is 12.7. The SMILES string of the molecule is COc1cc(CN2CCc3c(cc(CN4CCCC4=N)cc3-c3cn(C)nc3C(F)(F)F)C2=O)cc(OC)c1. The van der Waals surface area contributed by atoms with Crippen molar-refractivity contribution in [2.75, 3.05) is 27.3 Å². The fraction of sp³-hybridized carbons (Fsp3) is 0.393. The molecule has 3 heterocycles. The lowest BCUT2D eigenvalue weighted by Gasteiger charge is -2.31. The standard InChI is InChI=1S/C28H30F3N5O3/c1-34-16-24(26(33-34)28(29,30)31)22-11-18(14-35-7-4-5-25(35)32)12-23-21(22)6-8-36(27(23)37)15-17-9-19(38-2)13-20(10-17)39-3/h9-13,16,32H,4-8,14-15H2,1-3H3. The Bertz CT molecular complexity index is 1410. The van der Waals surface area contributed by atoms with Crippen LogP contribution in [0.5, 0.6) is 11.5 Å². The molecule has 2 aliphatic rings. The summed E-state index contributed by atoms with van der Waals surface area (Å²) in [4.78, 5) is 17.4. The van der Waals surface area contributed by atoms with E-state index in [-0.39, 0.29) is 11.5 Å². The topological polar surface area (TPSA) is 83.7 Å². The van der Waals surface area contributed by atoms with Crippen molar-refractivity contribution >= 4 is 11.7 Å². The summed E-state index contributed by atoms with van der Waals surface area (Å²) < 4.78 is 53.7. The molecule has 3 aromatic rings. The second-order valence-electron chi connectivity index (χ2n) is 9.90. The number of hydrogen-bond donors (Lipinski definition) is 1. The summed E-state index contributed by atoms with van der Waals surface area (Å²) in [7, 11) is 4.56. The number of likely N-dealkylation sites (tertiary alicyclic amines) is 1. The maximum Gasteiger partial charge on any atom is 0.435 e. The number of nitrogens with one attached hydrogen (secondary N) is 1. The molecule has 1 amide bonds. The van der Waals surface area contributed by atoms with E-state index in [1.54, 1.807) is 37.3 Å². The number of hydrogen-bond acceptors (Lipinski definition) is 5. The van der Waals surface area contributed by atoms with Gasteiger partial charge in [0.05, 0.1) is 20.1 Å². The van der Waals surface area contributed by atoms with Gasteiger partial charge in [0.15, 0.2) is 5.69 Å². The number of amides is 1. The van der Waals surface area contributed by atoms with Gasteiger partial charge in [-0.2, -0.15) is 18.3 Å². The van der Waals surface area contributed by atoms with Crippen molar-refractivity contribution in [2.24, 2.45) is 7.05 Å². The minimum absolute atomic E-state index is 0.0432. The molecule has 206 valence electrons. The van der Waals surface area contributed by atoms with E-state index in [1.165, 1.54) is 13.2 Å². The molecule has 0 bridgehead atoms. The van der Waals surface area contributed by atoms with E-state index < -0.39 is 11.9 Å². The van der Waals surface area contributed by atoms with Gasteiger partial charge in [-0.1, -0.05) is 0 Å². The van der Waals surface area contributed by atoms with Crippen LogP contribution in [-0.4, -0.2) is 58.6 Å². The molecule has 2 aromatic carbocycles. The largest absolute Gasteiger partial charge is 0.497 e. The van der Waals surface area contributed by atoms with Crippen molar-refractivity contribution < 1.29 is 27.4 Å². The van der Waals surface area contributed by atoms with Crippen LogP contribution in [0, 0.1) is 5.41 Å². The summed E-state index contributed by atoms with van der Waals surface area (Å²) in [5.41, 5.74) is 1.81. The fourth-order valence-corrected chi connectivity index (χ4v) is 5.39. The Labute approximate surface area is 224 Å². The molecule has 0 spiro atoms. The molecule has 5 rings (SSSR count). The van der Waals surface area contributed by atoms with E-state index in [4.69, 9.17) is 14.9 Å². The van der Waals surface area contributed by atoms with E-state index in [1.807, 2.05) is 17.0 Å². The Kier molecular flexibility index (Phi) is 7.00. The van der Waals surface area contributed by atoms with Gasteiger partial charge in [-0.05, 0) is 59.4 Å². The smallest absolute Gasteiger partial charge is 0.435 e. The second kappa shape index (κ2) is 10.3. The molecule has 1 fully saturated rings. The zero-order valence-electron chi connectivity index (χ0n) is 22.1. The minimum Gasteiger partial charge on any atom is -0.497 e. The minimum atomic E-state index is -4.65. The number of methoxy groups -OCH3 is 2. The Morgan fingerprint density at radius 1 is 0.897 bits per heavy atom. The predicted octanol–water partition coefficient (Wildman–Crippen LogP) is 4.89. The van der Waals surface area contributed by atoms with Crippen LogP contribution < -0.4 is 9.47 Å². The van der Waals surface area contributed by atoms with E-state index in [2.05, 4.69) is 5.10 Å². The van der Waals surface area contributed by atoms with Crippen molar-refractivity contribution in [2.45, 2.75) is 38.5 Å². The van der Waals surface area contributed by atoms with Gasteiger partial charge in [0.2, 0.25) is 0 Å². The van der Waals surface area contributed by atoms with E-state index in [0.29, 0.717) is 78.6 Å². The van der Waals surface area contributed by atoms with Crippen LogP contribution in [0.4, 0.5) is 13.2 Å². The number of carbonyl (C=O) groups excluding carboxylic acids is 1. The average Bonchev–Trinajstić information content (AvgIpc) is 3.50. The lowest BCUT2D eigenvalue weighted by atomic mass is 9.88. The number of rotatable bonds is 7. The molecule has 8 nitrogen and oxygen atoms in total. The van der Waals surface area contributed by atoms with Crippen molar-refractivity contribution in [3.8, 4) is 22.6 Å². The number of amidine groups is 1. The molecular weight excluding hydrogens is 511 g/mol. The highest BCUT2D eigenvalue weighted by Crippen LogP contribution is 2.40. The predicted molar refractivity (Wildman–Crippen MR) is 139 cm³/mol. The quantitative estimate of drug-likeness (QED) is 0.460. The highest BCUT2D eigenvalue weighted by Gasteiger charge is 2.39. The molecule has 2 aliphatic heterocycles. The van der Waals surface area contributed by atoms with Gasteiger partial charge in [-0.3, -0.25) is 14.9 Å². The first kappa shape index (κ1) is 26.6. The van der Waals surface area contributed by atoms with Crippen molar-refractivity contribution in [3.63, 3.8) is 0 Å². The van der Waals surface area contributed by atoms with Gasteiger partial charge < -0.3 is 19.3 Å². The third kappa shape index (κ3) is 5.30. The van der Waals surface area contributed by atoms with Gasteiger partial charge in [0, 0.05) is 63.0 Å². The summed E-state index contributed by atoms with van der Waals surface area (Å²) in [5.74, 6) is 1.44. The number of nitrogens with zero attached hydrogens (tertiary/aromatic N) is 4. The number of ether oxygens (including phenoxy) is 2. The van der Waals surface area contributed by atoms with Gasteiger partial charge in [-0.25, -0.2) is 0 Å². The van der Waals surface area contributed by atoms with Gasteiger partial charge >= 0.3 is 6.18 Å². The maximum absolute atomic E-state index is 14.0. The molecule has 1 N–H and O–H groups in total. The average molecular weight is 542 g/mol. The molecule has 11 heteroatoms. The summed E-state index contributed by atoms with van der Waals surface area (Å²) in [5, 5.41) is 11.9. The molecule has 39 heavy (non-hydrogen) atoms. The van der Waals surface area contributed by atoms with Gasteiger partial charge in [0.25, 0.3) is 5.91 Å². The maximum atomic E-state index is 14.0. The number of aryl methyl sites for hydroxylation is 1. The summed E-state index contributed by atoms with van der Waals surface area (Å²) >= 11 is 0. The number of aromatic nitrogens is 2. The monoisotopic (exact) mass is 541 g/mol. The molecule has 0 unspecified atom stereocenters. The highest BCUT2D eigenvalue weighted by molar-refractivity contribution is 5.99. The molecule has 1 saturated heterocycles. The van der Waals surface area contributed by atoms with Gasteiger partial charge in [0.1, 0.15) is 11.5 Å². The van der Waals surface area contributed by atoms with E-state index in [0.717, 1.165) is 16.7 Å². The molecule has 0 saturated carbocycles. The zero-order chi connectivity index (χ0) is 27.9. The van der Waals surface area contributed by atoms with Crippen LogP contribution in [0.1, 0.15) is 45.6 Å². The van der Waals surface area contributed by atoms with Crippen LogP contribution >= 0.6 is 0 Å². The highest BCUT2D eigenvalue weighted by atomic mass is 19.4. The summed E-state index contributed by atoms with van der Waals surface area (Å²) in [6.07, 6.45) is -1.38. The molecule has 0 radical (unpaired) electrons. The molecule has 0 atom stereocenters. The fourth-order valence-electron chi connectivity index (χ4n) is 5.39. The summed E-state index contributed by atoms with van der Waals surface area (Å²) in [6, 6.07) is 8.91. The molecule has 1 aromatic heterocycles. The normalized spacial score (nSPS) is 15.6. The molecular formula is C28H30F3N5O3. The number of carbonyl (C=O) groups is 1. The van der Waals surface area contributed by atoms with Crippen LogP contribution in [0.25, 0.3) is 11.1 Å². The Hall–Kier alpha value is -4.02. The number of benzene rings is 2.